The Balaban J connectivity index is 1.96. The number of carbonyl (C=O) groups is 1. The molecule has 1 aliphatic rings. The molecule has 1 aromatic heterocycles. The summed E-state index contributed by atoms with van der Waals surface area (Å²) in [5.74, 6) is -0.275. The maximum absolute atomic E-state index is 12.9. The van der Waals surface area contributed by atoms with Gasteiger partial charge in [0.1, 0.15) is 0 Å². The third kappa shape index (κ3) is 3.02. The maximum Gasteiger partial charge on any atom is 0.251 e. The molecule has 1 saturated carbocycles. The van der Waals surface area contributed by atoms with Crippen molar-refractivity contribution >= 4 is 5.91 Å². The smallest absolute Gasteiger partial charge is 0.251 e. The van der Waals surface area contributed by atoms with Crippen LogP contribution in [0.3, 0.4) is 0 Å². The zero-order valence-electron chi connectivity index (χ0n) is 9.95. The minimum atomic E-state index is -0.619. The van der Waals surface area contributed by atoms with Crippen LogP contribution in [0.4, 0.5) is 4.39 Å². The van der Waals surface area contributed by atoms with Gasteiger partial charge >= 0.3 is 0 Å². The third-order valence-corrected chi connectivity index (χ3v) is 3.45. The summed E-state index contributed by atoms with van der Waals surface area (Å²) < 4.78 is 12.9. The van der Waals surface area contributed by atoms with E-state index in [1.807, 2.05) is 6.92 Å². The molecule has 92 valence electrons. The van der Waals surface area contributed by atoms with E-state index in [4.69, 9.17) is 0 Å². The largest absolute Gasteiger partial charge is 0.349 e. The summed E-state index contributed by atoms with van der Waals surface area (Å²) in [5, 5.41) is 2.93. The minimum absolute atomic E-state index is 0.154. The number of amides is 1. The van der Waals surface area contributed by atoms with Crippen LogP contribution in [0.5, 0.6) is 0 Å². The number of rotatable bonds is 3. The molecular formula is C13H17FN2O. The molecule has 3 nitrogen and oxygen atoms in total. The van der Waals surface area contributed by atoms with Gasteiger partial charge in [0.15, 0.2) is 0 Å². The Bertz CT molecular complexity index is 402. The highest BCUT2D eigenvalue weighted by atomic mass is 19.1. The highest BCUT2D eigenvalue weighted by molar-refractivity contribution is 5.94. The molecule has 1 unspecified atom stereocenters. The van der Waals surface area contributed by atoms with Crippen molar-refractivity contribution in [2.45, 2.75) is 38.6 Å². The highest BCUT2D eigenvalue weighted by Gasteiger charge is 2.23. The van der Waals surface area contributed by atoms with Crippen molar-refractivity contribution in [2.75, 3.05) is 0 Å². The van der Waals surface area contributed by atoms with Gasteiger partial charge in [-0.1, -0.05) is 12.8 Å². The van der Waals surface area contributed by atoms with Crippen LogP contribution in [-0.2, 0) is 0 Å². The second kappa shape index (κ2) is 5.25. The summed E-state index contributed by atoms with van der Waals surface area (Å²) in [7, 11) is 0. The van der Waals surface area contributed by atoms with E-state index < -0.39 is 5.95 Å². The zero-order chi connectivity index (χ0) is 12.3. The van der Waals surface area contributed by atoms with Crippen LogP contribution in [0.15, 0.2) is 18.3 Å². The molecule has 0 aliphatic heterocycles. The topological polar surface area (TPSA) is 42.0 Å². The van der Waals surface area contributed by atoms with E-state index in [0.717, 1.165) is 6.07 Å². The monoisotopic (exact) mass is 236 g/mol. The Labute approximate surface area is 100 Å². The van der Waals surface area contributed by atoms with Crippen molar-refractivity contribution in [3.63, 3.8) is 0 Å². The normalized spacial score (nSPS) is 18.0. The van der Waals surface area contributed by atoms with Gasteiger partial charge in [-0.25, -0.2) is 4.98 Å². The van der Waals surface area contributed by atoms with E-state index in [0.29, 0.717) is 11.5 Å². The van der Waals surface area contributed by atoms with Gasteiger partial charge in [0.25, 0.3) is 5.91 Å². The lowest BCUT2D eigenvalue weighted by Gasteiger charge is -2.20. The van der Waals surface area contributed by atoms with Gasteiger partial charge in [-0.15, -0.1) is 0 Å². The summed E-state index contributed by atoms with van der Waals surface area (Å²) >= 11 is 0. The SMILES string of the molecule is CC(NC(=O)c1ccnc(F)c1)C1CCCC1. The van der Waals surface area contributed by atoms with Crippen molar-refractivity contribution in [3.05, 3.63) is 29.8 Å². The fourth-order valence-electron chi connectivity index (χ4n) is 2.41. The van der Waals surface area contributed by atoms with E-state index in [1.165, 1.54) is 37.9 Å². The van der Waals surface area contributed by atoms with Crippen LogP contribution in [0, 0.1) is 11.9 Å². The van der Waals surface area contributed by atoms with Crippen molar-refractivity contribution < 1.29 is 9.18 Å². The number of hydrogen-bond donors (Lipinski definition) is 1. The van der Waals surface area contributed by atoms with Crippen LogP contribution in [0.1, 0.15) is 43.0 Å². The summed E-state index contributed by atoms with van der Waals surface area (Å²) in [6.07, 6.45) is 6.15. The molecule has 1 N–H and O–H groups in total. The lowest BCUT2D eigenvalue weighted by atomic mass is 9.99. The Morgan fingerprint density at radius 1 is 1.53 bits per heavy atom. The number of hydrogen-bond acceptors (Lipinski definition) is 2. The average molecular weight is 236 g/mol. The molecule has 0 spiro atoms. The lowest BCUT2D eigenvalue weighted by molar-refractivity contribution is 0.0926. The van der Waals surface area contributed by atoms with Crippen LogP contribution in [0.2, 0.25) is 0 Å². The van der Waals surface area contributed by atoms with Crippen LogP contribution >= 0.6 is 0 Å². The fraction of sp³-hybridized carbons (Fsp3) is 0.538. The Morgan fingerprint density at radius 3 is 2.88 bits per heavy atom. The van der Waals surface area contributed by atoms with Gasteiger partial charge in [0.2, 0.25) is 5.95 Å². The first-order valence-electron chi connectivity index (χ1n) is 6.09. The maximum atomic E-state index is 12.9. The summed E-state index contributed by atoms with van der Waals surface area (Å²) in [4.78, 5) is 15.3. The number of aromatic nitrogens is 1. The molecule has 1 aliphatic carbocycles. The summed E-state index contributed by atoms with van der Waals surface area (Å²) in [5.41, 5.74) is 0.336. The van der Waals surface area contributed by atoms with Crippen LogP contribution in [0.25, 0.3) is 0 Å². The van der Waals surface area contributed by atoms with Crippen molar-refractivity contribution in [1.29, 1.82) is 0 Å². The number of nitrogens with one attached hydrogen (secondary N) is 1. The predicted molar refractivity (Wildman–Crippen MR) is 63.1 cm³/mol. The minimum Gasteiger partial charge on any atom is -0.349 e. The quantitative estimate of drug-likeness (QED) is 0.819. The molecule has 0 bridgehead atoms. The second-order valence-corrected chi connectivity index (χ2v) is 4.67. The predicted octanol–water partition coefficient (Wildman–Crippen LogP) is 2.53. The fourth-order valence-corrected chi connectivity index (χ4v) is 2.41. The average Bonchev–Trinajstić information content (AvgIpc) is 2.82. The first-order valence-corrected chi connectivity index (χ1v) is 6.09. The van der Waals surface area contributed by atoms with Gasteiger partial charge in [-0.05, 0) is 31.7 Å². The molecule has 1 amide bonds. The third-order valence-electron chi connectivity index (χ3n) is 3.45. The van der Waals surface area contributed by atoms with E-state index in [1.54, 1.807) is 0 Å². The molecule has 0 aromatic carbocycles. The van der Waals surface area contributed by atoms with Crippen molar-refractivity contribution in [1.82, 2.24) is 10.3 Å². The first kappa shape index (κ1) is 12.0. The molecule has 0 radical (unpaired) electrons. The number of nitrogens with zero attached hydrogens (tertiary/aromatic N) is 1. The number of pyridine rings is 1. The lowest BCUT2D eigenvalue weighted by Crippen LogP contribution is -2.37. The van der Waals surface area contributed by atoms with Crippen LogP contribution < -0.4 is 5.32 Å². The molecule has 4 heteroatoms. The molecule has 0 saturated heterocycles. The number of carbonyl (C=O) groups excluding carboxylic acids is 1. The van der Waals surface area contributed by atoms with Gasteiger partial charge < -0.3 is 5.32 Å². The van der Waals surface area contributed by atoms with Gasteiger partial charge in [-0.2, -0.15) is 4.39 Å². The van der Waals surface area contributed by atoms with Crippen molar-refractivity contribution in [2.24, 2.45) is 5.92 Å². The van der Waals surface area contributed by atoms with Gasteiger partial charge in [0, 0.05) is 23.9 Å². The highest BCUT2D eigenvalue weighted by Crippen LogP contribution is 2.27. The van der Waals surface area contributed by atoms with E-state index >= 15 is 0 Å². The summed E-state index contributed by atoms with van der Waals surface area (Å²) in [6, 6.07) is 2.84. The van der Waals surface area contributed by atoms with E-state index in [9.17, 15) is 9.18 Å². The standard InChI is InChI=1S/C13H17FN2O/c1-9(10-4-2-3-5-10)16-13(17)11-6-7-15-12(14)8-11/h6-10H,2-5H2,1H3,(H,16,17). The molecule has 1 atom stereocenters. The molecule has 2 rings (SSSR count). The molecule has 1 aromatic rings. The van der Waals surface area contributed by atoms with Crippen molar-refractivity contribution in [3.8, 4) is 0 Å². The second-order valence-electron chi connectivity index (χ2n) is 4.67. The summed E-state index contributed by atoms with van der Waals surface area (Å²) in [6.45, 7) is 2.02. The van der Waals surface area contributed by atoms with E-state index in [2.05, 4.69) is 10.3 Å². The van der Waals surface area contributed by atoms with Crippen LogP contribution in [-0.4, -0.2) is 16.9 Å². The molecule has 17 heavy (non-hydrogen) atoms. The first-order chi connectivity index (χ1) is 8.16. The van der Waals surface area contributed by atoms with Gasteiger partial charge in [-0.3, -0.25) is 4.79 Å². The molecular weight excluding hydrogens is 219 g/mol. The molecule has 1 heterocycles. The number of halogens is 1. The van der Waals surface area contributed by atoms with Gasteiger partial charge in [0.05, 0.1) is 0 Å². The Morgan fingerprint density at radius 2 is 2.24 bits per heavy atom. The molecule has 1 fully saturated rings. The van der Waals surface area contributed by atoms with E-state index in [-0.39, 0.29) is 11.9 Å². The Kier molecular flexibility index (Phi) is 3.71. The zero-order valence-corrected chi connectivity index (χ0v) is 9.95. The Hall–Kier alpha value is -1.45.